The number of aliphatic carboxylic acids is 1. The van der Waals surface area contributed by atoms with Gasteiger partial charge in [-0.05, 0) is 19.3 Å². The second-order valence-corrected chi connectivity index (χ2v) is 5.17. The number of halogens is 1. The van der Waals surface area contributed by atoms with Crippen LogP contribution in [0.25, 0.3) is 0 Å². The molecule has 0 aromatic carbocycles. The van der Waals surface area contributed by atoms with E-state index in [1.54, 1.807) is 0 Å². The minimum Gasteiger partial charge on any atom is -0.481 e. The number of nitrogens with one attached hydrogen (secondary N) is 1. The number of hydrogen-bond acceptors (Lipinski definition) is 5. The van der Waals surface area contributed by atoms with E-state index in [9.17, 15) is 19.7 Å². The summed E-state index contributed by atoms with van der Waals surface area (Å²) in [4.78, 5) is 36.5. The van der Waals surface area contributed by atoms with E-state index < -0.39 is 22.7 Å². The maximum atomic E-state index is 12.1. The van der Waals surface area contributed by atoms with Gasteiger partial charge < -0.3 is 10.4 Å². The molecular weight excluding hydrogens is 302 g/mol. The Bertz CT molecular complexity index is 607. The van der Waals surface area contributed by atoms with Crippen LogP contribution in [0.2, 0.25) is 5.15 Å². The first-order valence-electron chi connectivity index (χ1n) is 6.22. The molecule has 2 atom stereocenters. The third-order valence-electron chi connectivity index (χ3n) is 3.40. The standard InChI is InChI=1S/C12H12ClN3O5/c13-10-9(4-8(5-14-10)16(20)21)11(17)15-7-2-1-6(3-7)12(18)19/h4-7H,1-3H2,(H,15,17)(H,18,19). The van der Waals surface area contributed by atoms with Crippen molar-refractivity contribution in [3.63, 3.8) is 0 Å². The first-order valence-corrected chi connectivity index (χ1v) is 6.60. The fraction of sp³-hybridized carbons (Fsp3) is 0.417. The molecule has 0 aliphatic heterocycles. The highest BCUT2D eigenvalue weighted by molar-refractivity contribution is 6.32. The smallest absolute Gasteiger partial charge is 0.306 e. The summed E-state index contributed by atoms with van der Waals surface area (Å²) < 4.78 is 0. The zero-order valence-electron chi connectivity index (χ0n) is 10.8. The van der Waals surface area contributed by atoms with Crippen molar-refractivity contribution in [2.45, 2.75) is 25.3 Å². The molecule has 1 aromatic heterocycles. The van der Waals surface area contributed by atoms with Gasteiger partial charge in [-0.15, -0.1) is 0 Å². The molecule has 2 rings (SSSR count). The van der Waals surface area contributed by atoms with Crippen LogP contribution < -0.4 is 5.32 Å². The Hall–Kier alpha value is -2.22. The summed E-state index contributed by atoms with van der Waals surface area (Å²) in [5, 5.41) is 22.1. The van der Waals surface area contributed by atoms with Gasteiger partial charge in [-0.2, -0.15) is 0 Å². The van der Waals surface area contributed by atoms with Crippen molar-refractivity contribution < 1.29 is 19.6 Å². The van der Waals surface area contributed by atoms with Gasteiger partial charge in [0, 0.05) is 12.1 Å². The lowest BCUT2D eigenvalue weighted by Crippen LogP contribution is -2.33. The van der Waals surface area contributed by atoms with Crippen molar-refractivity contribution in [3.05, 3.63) is 33.1 Å². The third kappa shape index (κ3) is 3.46. The normalized spacial score (nSPS) is 21.0. The van der Waals surface area contributed by atoms with Gasteiger partial charge >= 0.3 is 5.97 Å². The van der Waals surface area contributed by atoms with E-state index in [2.05, 4.69) is 10.3 Å². The summed E-state index contributed by atoms with van der Waals surface area (Å²) in [7, 11) is 0. The van der Waals surface area contributed by atoms with Crippen molar-refractivity contribution in [2.75, 3.05) is 0 Å². The van der Waals surface area contributed by atoms with Crippen molar-refractivity contribution in [1.29, 1.82) is 0 Å². The van der Waals surface area contributed by atoms with E-state index in [-0.39, 0.29) is 22.4 Å². The Balaban J connectivity index is 2.09. The summed E-state index contributed by atoms with van der Waals surface area (Å²) in [6.45, 7) is 0. The number of nitro groups is 1. The average molecular weight is 314 g/mol. The highest BCUT2D eigenvalue weighted by Gasteiger charge is 2.31. The number of nitrogens with zero attached hydrogens (tertiary/aromatic N) is 2. The summed E-state index contributed by atoms with van der Waals surface area (Å²) in [6.07, 6.45) is 2.33. The molecule has 1 aliphatic carbocycles. The predicted octanol–water partition coefficient (Wildman–Crippen LogP) is 1.63. The fourth-order valence-corrected chi connectivity index (χ4v) is 2.49. The first kappa shape index (κ1) is 15.2. The largest absolute Gasteiger partial charge is 0.481 e. The Morgan fingerprint density at radius 2 is 2.19 bits per heavy atom. The van der Waals surface area contributed by atoms with Crippen LogP contribution in [0.1, 0.15) is 29.6 Å². The van der Waals surface area contributed by atoms with E-state index in [1.165, 1.54) is 0 Å². The number of rotatable bonds is 4. The van der Waals surface area contributed by atoms with Gasteiger partial charge in [0.1, 0.15) is 11.3 Å². The Kier molecular flexibility index (Phi) is 4.37. The van der Waals surface area contributed by atoms with Gasteiger partial charge in [-0.25, -0.2) is 4.98 Å². The van der Waals surface area contributed by atoms with E-state index in [0.717, 1.165) is 12.3 Å². The Morgan fingerprint density at radius 1 is 1.48 bits per heavy atom. The maximum Gasteiger partial charge on any atom is 0.306 e. The molecule has 0 spiro atoms. The van der Waals surface area contributed by atoms with Crippen LogP contribution in [0.3, 0.4) is 0 Å². The lowest BCUT2D eigenvalue weighted by Gasteiger charge is -2.12. The number of amides is 1. The number of carbonyl (C=O) groups is 2. The molecule has 1 heterocycles. The minimum atomic E-state index is -0.887. The molecular formula is C12H12ClN3O5. The van der Waals surface area contributed by atoms with Gasteiger partial charge in [0.2, 0.25) is 0 Å². The van der Waals surface area contributed by atoms with Gasteiger partial charge in [0.05, 0.1) is 16.4 Å². The second kappa shape index (κ2) is 6.04. The maximum absolute atomic E-state index is 12.1. The first-order chi connectivity index (χ1) is 9.88. The van der Waals surface area contributed by atoms with Crippen LogP contribution in [-0.2, 0) is 4.79 Å². The van der Waals surface area contributed by atoms with E-state index >= 15 is 0 Å². The van der Waals surface area contributed by atoms with E-state index in [0.29, 0.717) is 19.3 Å². The van der Waals surface area contributed by atoms with Crippen LogP contribution in [0, 0.1) is 16.0 Å². The van der Waals surface area contributed by atoms with Crippen molar-refractivity contribution in [3.8, 4) is 0 Å². The topological polar surface area (TPSA) is 122 Å². The molecule has 2 N–H and O–H groups in total. The van der Waals surface area contributed by atoms with Gasteiger partial charge in [-0.3, -0.25) is 19.7 Å². The predicted molar refractivity (Wildman–Crippen MR) is 72.1 cm³/mol. The van der Waals surface area contributed by atoms with Crippen LogP contribution in [0.4, 0.5) is 5.69 Å². The van der Waals surface area contributed by atoms with Crippen molar-refractivity contribution >= 4 is 29.2 Å². The number of carboxylic acids is 1. The quantitative estimate of drug-likeness (QED) is 0.495. The lowest BCUT2D eigenvalue weighted by atomic mass is 10.1. The van der Waals surface area contributed by atoms with Crippen LogP contribution >= 0.6 is 11.6 Å². The van der Waals surface area contributed by atoms with Crippen LogP contribution in [-0.4, -0.2) is 32.9 Å². The van der Waals surface area contributed by atoms with Crippen LogP contribution in [0.5, 0.6) is 0 Å². The highest BCUT2D eigenvalue weighted by Crippen LogP contribution is 2.26. The number of hydrogen-bond donors (Lipinski definition) is 2. The Labute approximate surface area is 124 Å². The zero-order valence-corrected chi connectivity index (χ0v) is 11.5. The molecule has 0 saturated heterocycles. The molecule has 1 fully saturated rings. The number of carbonyl (C=O) groups excluding carboxylic acids is 1. The Morgan fingerprint density at radius 3 is 2.76 bits per heavy atom. The summed E-state index contributed by atoms with van der Waals surface area (Å²) in [5.41, 5.74) is -0.427. The number of pyridine rings is 1. The molecule has 8 nitrogen and oxygen atoms in total. The summed E-state index contributed by atoms with van der Waals surface area (Å²) in [6, 6.07) is 0.766. The lowest BCUT2D eigenvalue weighted by molar-refractivity contribution is -0.385. The van der Waals surface area contributed by atoms with Crippen molar-refractivity contribution in [1.82, 2.24) is 10.3 Å². The van der Waals surface area contributed by atoms with E-state index in [4.69, 9.17) is 16.7 Å². The fourth-order valence-electron chi connectivity index (χ4n) is 2.30. The molecule has 1 saturated carbocycles. The highest BCUT2D eigenvalue weighted by atomic mass is 35.5. The SMILES string of the molecule is O=C(NC1CCC(C(=O)O)C1)c1cc([N+](=O)[O-])cnc1Cl. The van der Waals surface area contributed by atoms with Gasteiger partial charge in [0.15, 0.2) is 0 Å². The van der Waals surface area contributed by atoms with Crippen LogP contribution in [0.15, 0.2) is 12.3 Å². The molecule has 1 aliphatic rings. The monoisotopic (exact) mass is 313 g/mol. The zero-order chi connectivity index (χ0) is 15.6. The molecule has 1 amide bonds. The summed E-state index contributed by atoms with van der Waals surface area (Å²) in [5.74, 6) is -1.96. The third-order valence-corrected chi connectivity index (χ3v) is 3.70. The number of aromatic nitrogens is 1. The second-order valence-electron chi connectivity index (χ2n) is 4.81. The average Bonchev–Trinajstić information content (AvgIpc) is 2.87. The molecule has 112 valence electrons. The molecule has 1 aromatic rings. The molecule has 0 bridgehead atoms. The van der Waals surface area contributed by atoms with E-state index in [1.807, 2.05) is 0 Å². The number of carboxylic acid groups (broad SMARTS) is 1. The molecule has 9 heteroatoms. The van der Waals surface area contributed by atoms with Crippen molar-refractivity contribution in [2.24, 2.45) is 5.92 Å². The van der Waals surface area contributed by atoms with Gasteiger partial charge in [-0.1, -0.05) is 11.6 Å². The summed E-state index contributed by atoms with van der Waals surface area (Å²) >= 11 is 5.77. The van der Waals surface area contributed by atoms with Gasteiger partial charge in [0.25, 0.3) is 11.6 Å². The molecule has 2 unspecified atom stereocenters. The molecule has 0 radical (unpaired) electrons. The minimum absolute atomic E-state index is 0.0929. The molecule has 21 heavy (non-hydrogen) atoms.